The van der Waals surface area contributed by atoms with E-state index in [0.717, 1.165) is 0 Å². The Morgan fingerprint density at radius 1 is 1.62 bits per heavy atom. The maximum Gasteiger partial charge on any atom is 0.332 e. The molecule has 1 rings (SSSR count). The summed E-state index contributed by atoms with van der Waals surface area (Å²) in [7, 11) is 0. The summed E-state index contributed by atoms with van der Waals surface area (Å²) in [6.45, 7) is 3.86. The number of rotatable bonds is 7. The third-order valence-corrected chi connectivity index (χ3v) is 2.61. The molecule has 0 saturated carbocycles. The molecule has 16 heavy (non-hydrogen) atoms. The van der Waals surface area contributed by atoms with Gasteiger partial charge in [0.25, 0.3) is 5.22 Å². The molecule has 0 radical (unpaired) electrons. The highest BCUT2D eigenvalue weighted by atomic mass is 32.2. The van der Waals surface area contributed by atoms with Gasteiger partial charge < -0.3 is 14.3 Å². The van der Waals surface area contributed by atoms with Crippen molar-refractivity contribution < 1.29 is 19.1 Å². The average Bonchev–Trinajstić information content (AvgIpc) is 2.63. The number of hydrogen-bond acceptors (Lipinski definition) is 6. The first-order chi connectivity index (χ1) is 7.63. The number of hydrogen-bond donors (Lipinski definition) is 1. The van der Waals surface area contributed by atoms with Crippen molar-refractivity contribution in [1.82, 2.24) is 10.2 Å². The third-order valence-electron chi connectivity index (χ3n) is 1.76. The van der Waals surface area contributed by atoms with Gasteiger partial charge in [-0.1, -0.05) is 11.8 Å². The number of ether oxygens (including phenoxy) is 1. The summed E-state index contributed by atoms with van der Waals surface area (Å²) in [5.41, 5.74) is 0. The quantitative estimate of drug-likeness (QED) is 0.727. The SMILES string of the molecule is CCOC(CCSc1nnc(C)o1)C(=O)O. The molecule has 0 aliphatic carbocycles. The molecule has 6 nitrogen and oxygen atoms in total. The Kier molecular flexibility index (Phi) is 5.27. The Hall–Kier alpha value is -1.08. The van der Waals surface area contributed by atoms with Gasteiger partial charge in [-0.05, 0) is 13.3 Å². The highest BCUT2D eigenvalue weighted by Gasteiger charge is 2.17. The lowest BCUT2D eigenvalue weighted by Gasteiger charge is -2.10. The Labute approximate surface area is 97.4 Å². The van der Waals surface area contributed by atoms with Gasteiger partial charge in [-0.2, -0.15) is 0 Å². The van der Waals surface area contributed by atoms with Crippen molar-refractivity contribution >= 4 is 17.7 Å². The predicted octanol–water partition coefficient (Wildman–Crippen LogP) is 1.35. The maximum atomic E-state index is 10.8. The van der Waals surface area contributed by atoms with Gasteiger partial charge in [0.2, 0.25) is 5.89 Å². The monoisotopic (exact) mass is 246 g/mol. The number of aryl methyl sites for hydroxylation is 1. The van der Waals surface area contributed by atoms with E-state index in [0.29, 0.717) is 29.9 Å². The van der Waals surface area contributed by atoms with Crippen LogP contribution in [-0.2, 0) is 9.53 Å². The second-order valence-electron chi connectivity index (χ2n) is 3.01. The third kappa shape index (κ3) is 4.19. The van der Waals surface area contributed by atoms with Crippen molar-refractivity contribution in [2.45, 2.75) is 31.6 Å². The van der Waals surface area contributed by atoms with Crippen LogP contribution in [0.1, 0.15) is 19.2 Å². The molecular weight excluding hydrogens is 232 g/mol. The minimum atomic E-state index is -0.941. The van der Waals surface area contributed by atoms with Gasteiger partial charge in [0.15, 0.2) is 6.10 Å². The lowest BCUT2D eigenvalue weighted by Crippen LogP contribution is -2.24. The minimum absolute atomic E-state index is 0.390. The minimum Gasteiger partial charge on any atom is -0.479 e. The molecule has 0 aromatic carbocycles. The summed E-state index contributed by atoms with van der Waals surface area (Å²) in [6.07, 6.45) is -0.351. The van der Waals surface area contributed by atoms with Crippen LogP contribution in [0.5, 0.6) is 0 Å². The van der Waals surface area contributed by atoms with Crippen molar-refractivity contribution in [1.29, 1.82) is 0 Å². The van der Waals surface area contributed by atoms with E-state index >= 15 is 0 Å². The molecule has 1 heterocycles. The fourth-order valence-corrected chi connectivity index (χ4v) is 1.85. The first kappa shape index (κ1) is 13.0. The Morgan fingerprint density at radius 2 is 2.38 bits per heavy atom. The van der Waals surface area contributed by atoms with Crippen LogP contribution in [0.15, 0.2) is 9.64 Å². The summed E-state index contributed by atoms with van der Waals surface area (Å²) in [5, 5.41) is 16.7. The molecule has 90 valence electrons. The van der Waals surface area contributed by atoms with Gasteiger partial charge in [0.1, 0.15) is 0 Å². The van der Waals surface area contributed by atoms with Crippen molar-refractivity contribution in [2.75, 3.05) is 12.4 Å². The number of carboxylic acid groups (broad SMARTS) is 1. The summed E-state index contributed by atoms with van der Waals surface area (Å²) in [4.78, 5) is 10.8. The average molecular weight is 246 g/mol. The number of nitrogens with zero attached hydrogens (tertiary/aromatic N) is 2. The van der Waals surface area contributed by atoms with Crippen LogP contribution in [0, 0.1) is 6.92 Å². The van der Waals surface area contributed by atoms with Gasteiger partial charge in [-0.25, -0.2) is 4.79 Å². The van der Waals surface area contributed by atoms with E-state index in [4.69, 9.17) is 14.3 Å². The molecule has 0 saturated heterocycles. The van der Waals surface area contributed by atoms with E-state index in [1.807, 2.05) is 0 Å². The highest BCUT2D eigenvalue weighted by molar-refractivity contribution is 7.99. The normalized spacial score (nSPS) is 12.6. The number of carbonyl (C=O) groups is 1. The van der Waals surface area contributed by atoms with Crippen LogP contribution in [0.3, 0.4) is 0 Å². The fraction of sp³-hybridized carbons (Fsp3) is 0.667. The molecule has 0 spiro atoms. The molecule has 0 aliphatic heterocycles. The largest absolute Gasteiger partial charge is 0.479 e. The van der Waals surface area contributed by atoms with Gasteiger partial charge >= 0.3 is 5.97 Å². The summed E-state index contributed by atoms with van der Waals surface area (Å²) >= 11 is 1.33. The van der Waals surface area contributed by atoms with Gasteiger partial charge in [-0.15, -0.1) is 10.2 Å². The van der Waals surface area contributed by atoms with Gasteiger partial charge in [0.05, 0.1) is 0 Å². The van der Waals surface area contributed by atoms with Gasteiger partial charge in [0, 0.05) is 19.3 Å². The maximum absolute atomic E-state index is 10.8. The zero-order valence-corrected chi connectivity index (χ0v) is 9.99. The summed E-state index contributed by atoms with van der Waals surface area (Å²) in [5.74, 6) is 0.129. The van der Waals surface area contributed by atoms with Crippen molar-refractivity contribution in [3.8, 4) is 0 Å². The second-order valence-corrected chi connectivity index (χ2v) is 4.05. The van der Waals surface area contributed by atoms with Crippen molar-refractivity contribution in [2.24, 2.45) is 0 Å². The Bertz CT molecular complexity index is 342. The lowest BCUT2D eigenvalue weighted by molar-refractivity contribution is -0.150. The number of aromatic nitrogens is 2. The number of thioether (sulfide) groups is 1. The number of aliphatic carboxylic acids is 1. The molecule has 0 amide bonds. The van der Waals surface area contributed by atoms with Crippen molar-refractivity contribution in [3.05, 3.63) is 5.89 Å². The first-order valence-corrected chi connectivity index (χ1v) is 5.89. The van der Waals surface area contributed by atoms with E-state index in [-0.39, 0.29) is 0 Å². The summed E-state index contributed by atoms with van der Waals surface area (Å²) in [6, 6.07) is 0. The summed E-state index contributed by atoms with van der Waals surface area (Å²) < 4.78 is 10.2. The van der Waals surface area contributed by atoms with Crippen LogP contribution in [0.4, 0.5) is 0 Å². The van der Waals surface area contributed by atoms with Crippen LogP contribution >= 0.6 is 11.8 Å². The van der Waals surface area contributed by atoms with E-state index in [2.05, 4.69) is 10.2 Å². The number of carboxylic acids is 1. The van der Waals surface area contributed by atoms with Gasteiger partial charge in [-0.3, -0.25) is 0 Å². The molecule has 1 unspecified atom stereocenters. The molecule has 1 atom stereocenters. The Balaban J connectivity index is 2.30. The molecule has 1 aromatic rings. The van der Waals surface area contributed by atoms with Crippen LogP contribution < -0.4 is 0 Å². The molecule has 0 bridgehead atoms. The van der Waals surface area contributed by atoms with E-state index < -0.39 is 12.1 Å². The molecule has 1 N–H and O–H groups in total. The van der Waals surface area contributed by atoms with E-state index in [9.17, 15) is 4.79 Å². The zero-order valence-electron chi connectivity index (χ0n) is 9.17. The Morgan fingerprint density at radius 3 is 2.88 bits per heavy atom. The predicted molar refractivity (Wildman–Crippen MR) is 57.4 cm³/mol. The molecule has 7 heteroatoms. The second kappa shape index (κ2) is 6.49. The molecular formula is C9H14N2O4S. The molecule has 1 aromatic heterocycles. The van der Waals surface area contributed by atoms with Crippen molar-refractivity contribution in [3.63, 3.8) is 0 Å². The zero-order chi connectivity index (χ0) is 12.0. The molecule has 0 aliphatic rings. The smallest absolute Gasteiger partial charge is 0.332 e. The first-order valence-electron chi connectivity index (χ1n) is 4.90. The van der Waals surface area contributed by atoms with E-state index in [1.165, 1.54) is 11.8 Å². The van der Waals surface area contributed by atoms with E-state index in [1.54, 1.807) is 13.8 Å². The lowest BCUT2D eigenvalue weighted by atomic mass is 10.3. The molecule has 0 fully saturated rings. The standard InChI is InChI=1S/C9H14N2O4S/c1-3-14-7(8(12)13)4-5-16-9-11-10-6(2)15-9/h7H,3-5H2,1-2H3,(H,12,13). The van der Waals surface area contributed by atoms with Crippen LogP contribution in [0.2, 0.25) is 0 Å². The van der Waals surface area contributed by atoms with Crippen LogP contribution in [0.25, 0.3) is 0 Å². The van der Waals surface area contributed by atoms with Crippen LogP contribution in [-0.4, -0.2) is 39.7 Å². The fourth-order valence-electron chi connectivity index (χ4n) is 1.07. The highest BCUT2D eigenvalue weighted by Crippen LogP contribution is 2.17. The topological polar surface area (TPSA) is 85.5 Å².